The van der Waals surface area contributed by atoms with Crippen molar-refractivity contribution < 1.29 is 4.74 Å². The van der Waals surface area contributed by atoms with Crippen molar-refractivity contribution in [3.8, 4) is 5.75 Å². The molecule has 0 amide bonds. The summed E-state index contributed by atoms with van der Waals surface area (Å²) in [5.74, 6) is 1.95. The number of hydrogen-bond acceptors (Lipinski definition) is 3. The van der Waals surface area contributed by atoms with Crippen molar-refractivity contribution in [1.29, 1.82) is 0 Å². The Bertz CT molecular complexity index is 337. The standard InChI is InChI=1S/C13H17NOS/c1-2-6-12(7-3-1)15-10-11-16-13-8-4-5-9-14-13/h1-3,6-7H,4-5,8-11H2. The molecule has 0 atom stereocenters. The summed E-state index contributed by atoms with van der Waals surface area (Å²) in [6.45, 7) is 1.77. The zero-order valence-electron chi connectivity index (χ0n) is 9.39. The maximum atomic E-state index is 5.62. The van der Waals surface area contributed by atoms with E-state index in [1.54, 1.807) is 0 Å². The van der Waals surface area contributed by atoms with Crippen LogP contribution in [0.4, 0.5) is 0 Å². The van der Waals surface area contributed by atoms with Crippen LogP contribution in [0.15, 0.2) is 35.3 Å². The topological polar surface area (TPSA) is 21.6 Å². The highest BCUT2D eigenvalue weighted by molar-refractivity contribution is 8.13. The maximum Gasteiger partial charge on any atom is 0.119 e. The van der Waals surface area contributed by atoms with Crippen LogP contribution in [-0.4, -0.2) is 23.9 Å². The first-order valence-corrected chi connectivity index (χ1v) is 6.78. The van der Waals surface area contributed by atoms with Crippen molar-refractivity contribution in [2.75, 3.05) is 18.9 Å². The minimum atomic E-state index is 0.758. The fourth-order valence-electron chi connectivity index (χ4n) is 1.62. The molecule has 0 saturated carbocycles. The van der Waals surface area contributed by atoms with Crippen LogP contribution in [0, 0.1) is 0 Å². The second kappa shape index (κ2) is 6.59. The highest BCUT2D eigenvalue weighted by Crippen LogP contribution is 2.16. The van der Waals surface area contributed by atoms with Crippen LogP contribution >= 0.6 is 11.8 Å². The average molecular weight is 235 g/mol. The van der Waals surface area contributed by atoms with Crippen molar-refractivity contribution in [3.05, 3.63) is 30.3 Å². The molecule has 0 aromatic heterocycles. The minimum absolute atomic E-state index is 0.758. The zero-order valence-corrected chi connectivity index (χ0v) is 10.2. The third kappa shape index (κ3) is 3.89. The van der Waals surface area contributed by atoms with E-state index in [2.05, 4.69) is 4.99 Å². The lowest BCUT2D eigenvalue weighted by molar-refractivity contribution is 0.344. The summed E-state index contributed by atoms with van der Waals surface area (Å²) in [6, 6.07) is 9.96. The number of ether oxygens (including phenoxy) is 1. The van der Waals surface area contributed by atoms with Crippen molar-refractivity contribution in [2.45, 2.75) is 19.3 Å². The van der Waals surface area contributed by atoms with Gasteiger partial charge in [0.1, 0.15) is 5.75 Å². The van der Waals surface area contributed by atoms with Gasteiger partial charge in [0.25, 0.3) is 0 Å². The predicted molar refractivity (Wildman–Crippen MR) is 70.5 cm³/mol. The molecule has 0 N–H and O–H groups in total. The fourth-order valence-corrected chi connectivity index (χ4v) is 2.50. The molecule has 0 unspecified atom stereocenters. The van der Waals surface area contributed by atoms with Crippen LogP contribution in [0.5, 0.6) is 5.75 Å². The molecule has 3 heteroatoms. The van der Waals surface area contributed by atoms with E-state index in [1.165, 1.54) is 17.9 Å². The molecule has 2 nitrogen and oxygen atoms in total. The first-order chi connectivity index (χ1) is 7.95. The van der Waals surface area contributed by atoms with Crippen LogP contribution in [0.3, 0.4) is 0 Å². The number of benzene rings is 1. The largest absolute Gasteiger partial charge is 0.493 e. The summed E-state index contributed by atoms with van der Waals surface area (Å²) in [6.07, 6.45) is 3.71. The van der Waals surface area contributed by atoms with Gasteiger partial charge in [0, 0.05) is 12.3 Å². The summed E-state index contributed by atoms with van der Waals surface area (Å²) >= 11 is 1.84. The fraction of sp³-hybridized carbons (Fsp3) is 0.462. The van der Waals surface area contributed by atoms with Gasteiger partial charge < -0.3 is 4.74 Å². The van der Waals surface area contributed by atoms with E-state index in [1.807, 2.05) is 42.1 Å². The van der Waals surface area contributed by atoms with Crippen LogP contribution in [0.1, 0.15) is 19.3 Å². The molecule has 1 aromatic rings. The lowest BCUT2D eigenvalue weighted by Crippen LogP contribution is -2.06. The molecule has 86 valence electrons. The zero-order chi connectivity index (χ0) is 11.1. The Morgan fingerprint density at radius 2 is 2.06 bits per heavy atom. The number of hydrogen-bond donors (Lipinski definition) is 0. The van der Waals surface area contributed by atoms with Gasteiger partial charge in [-0.25, -0.2) is 0 Å². The van der Waals surface area contributed by atoms with E-state index in [9.17, 15) is 0 Å². The van der Waals surface area contributed by atoms with Gasteiger partial charge in [-0.15, -0.1) is 11.8 Å². The number of thioether (sulfide) groups is 1. The van der Waals surface area contributed by atoms with Crippen LogP contribution in [0.2, 0.25) is 0 Å². The predicted octanol–water partition coefficient (Wildman–Crippen LogP) is 3.38. The van der Waals surface area contributed by atoms with Gasteiger partial charge >= 0.3 is 0 Å². The molecule has 0 saturated heterocycles. The van der Waals surface area contributed by atoms with E-state index in [0.29, 0.717) is 0 Å². The first-order valence-electron chi connectivity index (χ1n) is 5.79. The van der Waals surface area contributed by atoms with Crippen LogP contribution in [0.25, 0.3) is 0 Å². The van der Waals surface area contributed by atoms with Crippen molar-refractivity contribution >= 4 is 16.8 Å². The van der Waals surface area contributed by atoms with E-state index in [0.717, 1.165) is 31.1 Å². The smallest absolute Gasteiger partial charge is 0.119 e. The molecule has 1 heterocycles. The van der Waals surface area contributed by atoms with Gasteiger partial charge in [0.05, 0.1) is 11.7 Å². The Labute approximate surface area is 101 Å². The SMILES string of the molecule is c1ccc(OCCSC2=NCCCC2)cc1. The summed E-state index contributed by atoms with van der Waals surface area (Å²) in [4.78, 5) is 4.50. The molecular formula is C13H17NOS. The molecule has 2 rings (SSSR count). The average Bonchev–Trinajstić information content (AvgIpc) is 2.37. The Hall–Kier alpha value is -0.960. The summed E-state index contributed by atoms with van der Waals surface area (Å²) in [5.41, 5.74) is 0. The summed E-state index contributed by atoms with van der Waals surface area (Å²) in [5, 5.41) is 1.31. The van der Waals surface area contributed by atoms with Gasteiger partial charge in [-0.1, -0.05) is 18.2 Å². The number of nitrogens with zero attached hydrogens (tertiary/aromatic N) is 1. The van der Waals surface area contributed by atoms with E-state index in [-0.39, 0.29) is 0 Å². The second-order valence-electron chi connectivity index (χ2n) is 3.74. The normalized spacial score (nSPS) is 15.6. The van der Waals surface area contributed by atoms with Crippen molar-refractivity contribution in [3.63, 3.8) is 0 Å². The van der Waals surface area contributed by atoms with Gasteiger partial charge in [-0.2, -0.15) is 0 Å². The van der Waals surface area contributed by atoms with Crippen molar-refractivity contribution in [1.82, 2.24) is 0 Å². The number of para-hydroxylation sites is 1. The molecule has 1 aliphatic rings. The van der Waals surface area contributed by atoms with E-state index in [4.69, 9.17) is 4.74 Å². The van der Waals surface area contributed by atoms with Crippen molar-refractivity contribution in [2.24, 2.45) is 4.99 Å². The number of aliphatic imine (C=N–C) groups is 1. The Balaban J connectivity index is 1.63. The highest BCUT2D eigenvalue weighted by atomic mass is 32.2. The van der Waals surface area contributed by atoms with Crippen LogP contribution in [-0.2, 0) is 0 Å². The molecule has 0 spiro atoms. The molecule has 0 aliphatic carbocycles. The molecule has 1 aliphatic heterocycles. The first kappa shape index (κ1) is 11.5. The van der Waals surface area contributed by atoms with Gasteiger partial charge in [0.2, 0.25) is 0 Å². The van der Waals surface area contributed by atoms with Gasteiger partial charge in [-0.3, -0.25) is 4.99 Å². The Kier molecular flexibility index (Phi) is 4.74. The van der Waals surface area contributed by atoms with E-state index >= 15 is 0 Å². The Morgan fingerprint density at radius 3 is 2.81 bits per heavy atom. The molecule has 16 heavy (non-hydrogen) atoms. The lowest BCUT2D eigenvalue weighted by atomic mass is 10.2. The molecular weight excluding hydrogens is 218 g/mol. The number of rotatable bonds is 4. The third-order valence-corrected chi connectivity index (χ3v) is 3.49. The molecule has 0 fully saturated rings. The molecule has 1 aromatic carbocycles. The summed E-state index contributed by atoms with van der Waals surface area (Å²) < 4.78 is 5.62. The Morgan fingerprint density at radius 1 is 1.19 bits per heavy atom. The van der Waals surface area contributed by atoms with E-state index < -0.39 is 0 Å². The molecule has 0 radical (unpaired) electrons. The third-order valence-electron chi connectivity index (χ3n) is 2.45. The summed E-state index contributed by atoms with van der Waals surface area (Å²) in [7, 11) is 0. The van der Waals surface area contributed by atoms with Crippen LogP contribution < -0.4 is 4.74 Å². The maximum absolute atomic E-state index is 5.62. The molecule has 0 bridgehead atoms. The lowest BCUT2D eigenvalue weighted by Gasteiger charge is -2.11. The van der Waals surface area contributed by atoms with Gasteiger partial charge in [-0.05, 0) is 31.4 Å². The quantitative estimate of drug-likeness (QED) is 0.746. The van der Waals surface area contributed by atoms with Gasteiger partial charge in [0.15, 0.2) is 0 Å². The minimum Gasteiger partial charge on any atom is -0.493 e. The highest BCUT2D eigenvalue weighted by Gasteiger charge is 2.05. The second-order valence-corrected chi connectivity index (χ2v) is 4.91. The monoisotopic (exact) mass is 235 g/mol.